The fraction of sp³-hybridized carbons (Fsp3) is 0.444. The molecule has 1 N–H and O–H groups in total. The number of nitrogens with one attached hydrogen (secondary N) is 1. The van der Waals surface area contributed by atoms with Crippen molar-refractivity contribution in [1.29, 1.82) is 5.41 Å². The summed E-state index contributed by atoms with van der Waals surface area (Å²) in [4.78, 5) is 0. The monoisotopic (exact) mass is 137 g/mol. The Bertz CT molecular complexity index is 160. The van der Waals surface area contributed by atoms with E-state index in [0.29, 0.717) is 0 Å². The highest BCUT2D eigenvalue weighted by Crippen LogP contribution is 1.98. The van der Waals surface area contributed by atoms with Gasteiger partial charge in [0.2, 0.25) is 0 Å². The Hall–Kier alpha value is -0.850. The highest BCUT2D eigenvalue weighted by Gasteiger charge is 1.83. The molecule has 0 heterocycles. The van der Waals surface area contributed by atoms with Gasteiger partial charge in [-0.1, -0.05) is 24.6 Å². The minimum absolute atomic E-state index is 0.938. The zero-order chi connectivity index (χ0) is 7.98. The second-order valence-electron chi connectivity index (χ2n) is 2.48. The Kier molecular flexibility index (Phi) is 4.55. The summed E-state index contributed by atoms with van der Waals surface area (Å²) in [7, 11) is 0. The van der Waals surface area contributed by atoms with E-state index in [-0.39, 0.29) is 0 Å². The van der Waals surface area contributed by atoms with E-state index in [0.717, 1.165) is 12.0 Å². The zero-order valence-electron chi connectivity index (χ0n) is 6.94. The van der Waals surface area contributed by atoms with Gasteiger partial charge in [-0.15, -0.1) is 0 Å². The lowest BCUT2D eigenvalue weighted by atomic mass is 10.2. The van der Waals surface area contributed by atoms with Crippen LogP contribution in [0.5, 0.6) is 0 Å². The molecule has 0 fully saturated rings. The third-order valence-corrected chi connectivity index (χ3v) is 1.22. The van der Waals surface area contributed by atoms with Gasteiger partial charge >= 0.3 is 0 Å². The smallest absolute Gasteiger partial charge is 0.0209 e. The Morgan fingerprint density at radius 3 is 2.20 bits per heavy atom. The molecule has 10 heavy (non-hydrogen) atoms. The summed E-state index contributed by atoms with van der Waals surface area (Å²) in [5, 5.41) is 6.98. The highest BCUT2D eigenvalue weighted by atomic mass is 14.3. The third-order valence-electron chi connectivity index (χ3n) is 1.22. The average molecular weight is 137 g/mol. The van der Waals surface area contributed by atoms with Crippen LogP contribution >= 0.6 is 0 Å². The maximum absolute atomic E-state index is 6.98. The van der Waals surface area contributed by atoms with E-state index >= 15 is 0 Å². The predicted molar refractivity (Wildman–Crippen MR) is 46.6 cm³/mol. The highest BCUT2D eigenvalue weighted by molar-refractivity contribution is 5.75. The van der Waals surface area contributed by atoms with Gasteiger partial charge in [0.1, 0.15) is 0 Å². The first-order valence-corrected chi connectivity index (χ1v) is 3.55. The summed E-state index contributed by atoms with van der Waals surface area (Å²) in [5.41, 5.74) is 2.34. The van der Waals surface area contributed by atoms with Crippen LogP contribution in [-0.2, 0) is 0 Å². The summed E-state index contributed by atoms with van der Waals surface area (Å²) in [6, 6.07) is 0. The minimum atomic E-state index is 0.938. The fourth-order valence-corrected chi connectivity index (χ4v) is 0.542. The van der Waals surface area contributed by atoms with E-state index in [1.54, 1.807) is 0 Å². The first-order valence-electron chi connectivity index (χ1n) is 3.55. The Labute approximate surface area is 63.0 Å². The Balaban J connectivity index is 4.12. The van der Waals surface area contributed by atoms with Crippen LogP contribution in [-0.4, -0.2) is 6.21 Å². The van der Waals surface area contributed by atoms with Crippen molar-refractivity contribution in [2.45, 2.75) is 27.2 Å². The molecule has 0 atom stereocenters. The van der Waals surface area contributed by atoms with Gasteiger partial charge in [-0.3, -0.25) is 0 Å². The standard InChI is InChI=1S/C9H15N/c1-4-9(7-10)6-5-8(2)3/h5-7,10H,4H2,1-3H3/b9-6-,10-7?. The van der Waals surface area contributed by atoms with Crippen LogP contribution in [0.15, 0.2) is 23.3 Å². The molecule has 0 radical (unpaired) electrons. The van der Waals surface area contributed by atoms with Gasteiger partial charge in [0, 0.05) is 6.21 Å². The molecule has 0 bridgehead atoms. The fourth-order valence-electron chi connectivity index (χ4n) is 0.542. The molecule has 0 unspecified atom stereocenters. The molecule has 0 saturated carbocycles. The van der Waals surface area contributed by atoms with Crippen molar-refractivity contribution < 1.29 is 0 Å². The van der Waals surface area contributed by atoms with Crippen LogP contribution in [0.1, 0.15) is 27.2 Å². The lowest BCUT2D eigenvalue weighted by Crippen LogP contribution is -1.78. The molecule has 0 aromatic carbocycles. The molecule has 0 aliphatic rings. The van der Waals surface area contributed by atoms with Gasteiger partial charge in [-0.2, -0.15) is 0 Å². The Morgan fingerprint density at radius 1 is 1.30 bits per heavy atom. The van der Waals surface area contributed by atoms with Crippen molar-refractivity contribution in [3.63, 3.8) is 0 Å². The van der Waals surface area contributed by atoms with Crippen molar-refractivity contribution in [2.24, 2.45) is 0 Å². The van der Waals surface area contributed by atoms with Crippen LogP contribution in [0.25, 0.3) is 0 Å². The first-order chi connectivity index (χ1) is 4.70. The first kappa shape index (κ1) is 9.15. The molecule has 56 valence electrons. The zero-order valence-corrected chi connectivity index (χ0v) is 6.94. The van der Waals surface area contributed by atoms with Crippen LogP contribution in [0, 0.1) is 5.41 Å². The maximum Gasteiger partial charge on any atom is 0.0209 e. The van der Waals surface area contributed by atoms with Gasteiger partial charge < -0.3 is 5.41 Å². The number of hydrogen-bond donors (Lipinski definition) is 1. The quantitative estimate of drug-likeness (QED) is 0.457. The number of hydrogen-bond acceptors (Lipinski definition) is 1. The largest absolute Gasteiger partial charge is 0.308 e. The van der Waals surface area contributed by atoms with E-state index in [1.807, 2.05) is 26.0 Å². The molecule has 0 spiro atoms. The van der Waals surface area contributed by atoms with E-state index in [1.165, 1.54) is 11.8 Å². The van der Waals surface area contributed by atoms with Gasteiger partial charge in [-0.05, 0) is 25.8 Å². The molecule has 0 aromatic heterocycles. The Morgan fingerprint density at radius 2 is 1.90 bits per heavy atom. The van der Waals surface area contributed by atoms with Crippen LogP contribution < -0.4 is 0 Å². The predicted octanol–water partition coefficient (Wildman–Crippen LogP) is 2.94. The van der Waals surface area contributed by atoms with E-state index in [9.17, 15) is 0 Å². The number of allylic oxidation sites excluding steroid dienone is 4. The molecule has 0 aliphatic heterocycles. The average Bonchev–Trinajstić information content (AvgIpc) is 1.90. The lowest BCUT2D eigenvalue weighted by molar-refractivity contribution is 1.17. The van der Waals surface area contributed by atoms with Crippen LogP contribution in [0.3, 0.4) is 0 Å². The van der Waals surface area contributed by atoms with Gasteiger partial charge in [0.05, 0.1) is 0 Å². The maximum atomic E-state index is 6.98. The molecule has 0 amide bonds. The van der Waals surface area contributed by atoms with E-state index in [4.69, 9.17) is 5.41 Å². The molecule has 1 nitrogen and oxygen atoms in total. The van der Waals surface area contributed by atoms with Crippen molar-refractivity contribution in [2.75, 3.05) is 0 Å². The molecule has 0 aliphatic carbocycles. The molecule has 0 aromatic rings. The molecule has 1 heteroatoms. The minimum Gasteiger partial charge on any atom is -0.308 e. The van der Waals surface area contributed by atoms with E-state index < -0.39 is 0 Å². The molecule has 0 saturated heterocycles. The molecular weight excluding hydrogens is 122 g/mol. The molecular formula is C9H15N. The normalized spacial score (nSPS) is 10.9. The van der Waals surface area contributed by atoms with Gasteiger partial charge in [-0.25, -0.2) is 0 Å². The van der Waals surface area contributed by atoms with Crippen LogP contribution in [0.4, 0.5) is 0 Å². The summed E-state index contributed by atoms with van der Waals surface area (Å²) in [5.74, 6) is 0. The topological polar surface area (TPSA) is 23.9 Å². The third kappa shape index (κ3) is 4.07. The lowest BCUT2D eigenvalue weighted by Gasteiger charge is -1.90. The van der Waals surface area contributed by atoms with E-state index in [2.05, 4.69) is 6.92 Å². The van der Waals surface area contributed by atoms with Crippen molar-refractivity contribution in [3.8, 4) is 0 Å². The van der Waals surface area contributed by atoms with Crippen molar-refractivity contribution >= 4 is 6.21 Å². The van der Waals surface area contributed by atoms with Crippen molar-refractivity contribution in [3.05, 3.63) is 23.3 Å². The summed E-state index contributed by atoms with van der Waals surface area (Å²) in [6.45, 7) is 6.15. The van der Waals surface area contributed by atoms with Gasteiger partial charge in [0.25, 0.3) is 0 Å². The molecule has 0 rings (SSSR count). The second-order valence-corrected chi connectivity index (χ2v) is 2.48. The second kappa shape index (κ2) is 4.98. The SMILES string of the molecule is CC/C(C=N)=C/C=C(C)C. The summed E-state index contributed by atoms with van der Waals surface area (Å²) >= 11 is 0. The number of rotatable bonds is 3. The van der Waals surface area contributed by atoms with Crippen LogP contribution in [0.2, 0.25) is 0 Å². The van der Waals surface area contributed by atoms with Crippen molar-refractivity contribution in [1.82, 2.24) is 0 Å². The summed E-state index contributed by atoms with van der Waals surface area (Å²) in [6.07, 6.45) is 6.36. The van der Waals surface area contributed by atoms with Gasteiger partial charge in [0.15, 0.2) is 0 Å². The summed E-state index contributed by atoms with van der Waals surface area (Å²) < 4.78 is 0.